The number of hydrogen-bond acceptors (Lipinski definition) is 3. The first-order valence-corrected chi connectivity index (χ1v) is 8.12. The molecule has 1 aliphatic rings. The van der Waals surface area contributed by atoms with Crippen molar-refractivity contribution >= 4 is 15.6 Å². The highest BCUT2D eigenvalue weighted by atomic mass is 32.2. The Labute approximate surface area is 120 Å². The van der Waals surface area contributed by atoms with Gasteiger partial charge in [0.05, 0.1) is 9.64 Å². The van der Waals surface area contributed by atoms with Crippen molar-refractivity contribution in [2.45, 2.75) is 43.8 Å². The summed E-state index contributed by atoms with van der Waals surface area (Å²) in [7, 11) is -3.50. The third kappa shape index (κ3) is 2.22. The number of allylic oxidation sites excluding steroid dienone is 1. The van der Waals surface area contributed by atoms with E-state index in [0.717, 1.165) is 0 Å². The highest BCUT2D eigenvalue weighted by Gasteiger charge is 2.50. The van der Waals surface area contributed by atoms with Gasteiger partial charge in [0, 0.05) is 0 Å². The van der Waals surface area contributed by atoms with Crippen LogP contribution in [-0.2, 0) is 14.6 Å². The zero-order valence-electron chi connectivity index (χ0n) is 12.3. The number of carbonyl (C=O) groups excluding carboxylic acids is 1. The van der Waals surface area contributed by atoms with Crippen LogP contribution in [0.25, 0.3) is 0 Å². The van der Waals surface area contributed by atoms with E-state index in [2.05, 4.69) is 0 Å². The van der Waals surface area contributed by atoms with Gasteiger partial charge in [0.1, 0.15) is 0 Å². The fourth-order valence-corrected chi connectivity index (χ4v) is 5.02. The lowest BCUT2D eigenvalue weighted by Gasteiger charge is -2.27. The minimum Gasteiger partial charge on any atom is -0.295 e. The van der Waals surface area contributed by atoms with Crippen LogP contribution in [0.3, 0.4) is 0 Å². The first kappa shape index (κ1) is 15.0. The summed E-state index contributed by atoms with van der Waals surface area (Å²) in [6, 6.07) is 8.43. The fourth-order valence-electron chi connectivity index (χ4n) is 3.14. The summed E-state index contributed by atoms with van der Waals surface area (Å²) < 4.78 is 24.7. The van der Waals surface area contributed by atoms with E-state index < -0.39 is 20.0 Å². The maximum absolute atomic E-state index is 12.9. The molecule has 3 nitrogen and oxygen atoms in total. The Morgan fingerprint density at radius 2 is 1.65 bits per heavy atom. The van der Waals surface area contributed by atoms with Gasteiger partial charge >= 0.3 is 0 Å². The number of sulfone groups is 1. The molecule has 0 spiro atoms. The summed E-state index contributed by atoms with van der Waals surface area (Å²) in [5.74, 6) is -0.0537. The normalized spacial score (nSPS) is 25.3. The van der Waals surface area contributed by atoms with Crippen molar-refractivity contribution in [3.05, 3.63) is 42.0 Å². The molecule has 0 N–H and O–H groups in total. The molecular weight excluding hydrogens is 272 g/mol. The monoisotopic (exact) mass is 292 g/mol. The summed E-state index contributed by atoms with van der Waals surface area (Å²) in [5.41, 5.74) is 0.196. The van der Waals surface area contributed by atoms with Crippen molar-refractivity contribution in [3.8, 4) is 0 Å². The molecule has 108 valence electrons. The van der Waals surface area contributed by atoms with Gasteiger partial charge in [-0.3, -0.25) is 4.79 Å². The minimum absolute atomic E-state index is 0.0537. The van der Waals surface area contributed by atoms with Crippen LogP contribution in [0.1, 0.15) is 34.1 Å². The molecule has 20 heavy (non-hydrogen) atoms. The average Bonchev–Trinajstić information content (AvgIpc) is 2.62. The molecule has 1 aromatic carbocycles. The van der Waals surface area contributed by atoms with E-state index in [4.69, 9.17) is 0 Å². The second kappa shape index (κ2) is 4.55. The molecule has 1 aliphatic carbocycles. The van der Waals surface area contributed by atoms with Crippen LogP contribution in [0, 0.1) is 5.41 Å². The number of carbonyl (C=O) groups is 1. The molecule has 1 aromatic rings. The Balaban J connectivity index is 2.56. The Morgan fingerprint density at radius 1 is 1.10 bits per heavy atom. The molecule has 0 bridgehead atoms. The van der Waals surface area contributed by atoms with E-state index in [1.165, 1.54) is 6.92 Å². The van der Waals surface area contributed by atoms with E-state index in [1.54, 1.807) is 43.3 Å². The van der Waals surface area contributed by atoms with E-state index in [1.807, 2.05) is 13.8 Å². The van der Waals surface area contributed by atoms with Crippen LogP contribution in [0.15, 0.2) is 46.9 Å². The lowest BCUT2D eigenvalue weighted by molar-refractivity contribution is -0.114. The molecule has 1 unspecified atom stereocenters. The lowest BCUT2D eigenvalue weighted by atomic mass is 9.83. The molecule has 0 radical (unpaired) electrons. The molecule has 0 heterocycles. The van der Waals surface area contributed by atoms with Crippen molar-refractivity contribution < 1.29 is 13.2 Å². The predicted molar refractivity (Wildman–Crippen MR) is 79.2 cm³/mol. The Kier molecular flexibility index (Phi) is 3.41. The third-order valence-corrected chi connectivity index (χ3v) is 6.40. The molecule has 0 aromatic heterocycles. The van der Waals surface area contributed by atoms with Crippen molar-refractivity contribution in [2.75, 3.05) is 0 Å². The van der Waals surface area contributed by atoms with Crippen LogP contribution >= 0.6 is 0 Å². The van der Waals surface area contributed by atoms with Gasteiger partial charge in [-0.1, -0.05) is 38.1 Å². The number of benzene rings is 1. The molecular formula is C16H20O3S. The third-order valence-electron chi connectivity index (χ3n) is 4.02. The van der Waals surface area contributed by atoms with Gasteiger partial charge < -0.3 is 0 Å². The number of ketones is 1. The quantitative estimate of drug-likeness (QED) is 0.860. The Hall–Kier alpha value is -1.42. The van der Waals surface area contributed by atoms with E-state index in [0.29, 0.717) is 16.9 Å². The minimum atomic E-state index is -3.50. The van der Waals surface area contributed by atoms with Gasteiger partial charge in [-0.25, -0.2) is 8.42 Å². The second-order valence-electron chi connectivity index (χ2n) is 6.30. The lowest BCUT2D eigenvalue weighted by Crippen LogP contribution is -2.33. The molecule has 0 amide bonds. The van der Waals surface area contributed by atoms with Crippen LogP contribution in [-0.4, -0.2) is 18.9 Å². The van der Waals surface area contributed by atoms with Gasteiger partial charge in [0.15, 0.2) is 15.6 Å². The average molecular weight is 292 g/mol. The zero-order valence-corrected chi connectivity index (χ0v) is 13.1. The molecule has 0 aliphatic heterocycles. The highest BCUT2D eigenvalue weighted by molar-refractivity contribution is 7.93. The van der Waals surface area contributed by atoms with Crippen LogP contribution in [0.5, 0.6) is 0 Å². The SMILES string of the molecule is CC(=O)C1=CC(C)(S(=O)(=O)c2ccccc2)CC1(C)C. The number of rotatable bonds is 3. The van der Waals surface area contributed by atoms with E-state index in [9.17, 15) is 13.2 Å². The van der Waals surface area contributed by atoms with Crippen molar-refractivity contribution in [1.82, 2.24) is 0 Å². The molecule has 0 saturated carbocycles. The van der Waals surface area contributed by atoms with Gasteiger partial charge in [0.25, 0.3) is 0 Å². The summed E-state index contributed by atoms with van der Waals surface area (Å²) in [4.78, 5) is 12.1. The zero-order chi connectivity index (χ0) is 15.2. The predicted octanol–water partition coefficient (Wildman–Crippen LogP) is 3.16. The summed E-state index contributed by atoms with van der Waals surface area (Å²) in [6.45, 7) is 7.04. The first-order valence-electron chi connectivity index (χ1n) is 6.64. The van der Waals surface area contributed by atoms with E-state index >= 15 is 0 Å². The van der Waals surface area contributed by atoms with Crippen LogP contribution in [0.4, 0.5) is 0 Å². The molecule has 4 heteroatoms. The summed E-state index contributed by atoms with van der Waals surface area (Å²) in [5, 5.41) is 0. The summed E-state index contributed by atoms with van der Waals surface area (Å²) >= 11 is 0. The van der Waals surface area contributed by atoms with Crippen molar-refractivity contribution in [2.24, 2.45) is 5.41 Å². The molecule has 0 saturated heterocycles. The van der Waals surface area contributed by atoms with Crippen molar-refractivity contribution in [3.63, 3.8) is 0 Å². The second-order valence-corrected chi connectivity index (χ2v) is 8.71. The Bertz CT molecular complexity index is 669. The smallest absolute Gasteiger partial charge is 0.187 e. The van der Waals surface area contributed by atoms with Gasteiger partial charge in [-0.05, 0) is 43.4 Å². The number of hydrogen-bond donors (Lipinski definition) is 0. The van der Waals surface area contributed by atoms with Crippen LogP contribution in [0.2, 0.25) is 0 Å². The van der Waals surface area contributed by atoms with Crippen LogP contribution < -0.4 is 0 Å². The van der Waals surface area contributed by atoms with Gasteiger partial charge in [-0.15, -0.1) is 0 Å². The number of Topliss-reactive ketones (excluding diaryl/α,β-unsaturated/α-hetero) is 1. The Morgan fingerprint density at radius 3 is 2.10 bits per heavy atom. The molecule has 0 fully saturated rings. The fraction of sp³-hybridized carbons (Fsp3) is 0.438. The van der Waals surface area contributed by atoms with Gasteiger partial charge in [-0.2, -0.15) is 0 Å². The molecule has 1 atom stereocenters. The standard InChI is InChI=1S/C16H20O3S/c1-12(17)14-10-16(4,11-15(14,2)3)20(18,19)13-8-6-5-7-9-13/h5-10H,11H2,1-4H3. The van der Waals surface area contributed by atoms with Gasteiger partial charge in [0.2, 0.25) is 0 Å². The highest BCUT2D eigenvalue weighted by Crippen LogP contribution is 2.48. The van der Waals surface area contributed by atoms with E-state index in [-0.39, 0.29) is 5.78 Å². The van der Waals surface area contributed by atoms with Crippen molar-refractivity contribution in [1.29, 1.82) is 0 Å². The maximum atomic E-state index is 12.9. The maximum Gasteiger partial charge on any atom is 0.187 e. The summed E-state index contributed by atoms with van der Waals surface area (Å²) in [6.07, 6.45) is 2.07. The largest absolute Gasteiger partial charge is 0.295 e. The topological polar surface area (TPSA) is 51.2 Å². The first-order chi connectivity index (χ1) is 9.10. The molecule has 2 rings (SSSR count).